The molecule has 0 heterocycles. The first-order valence-electron chi connectivity index (χ1n) is 4.49. The summed E-state index contributed by atoms with van der Waals surface area (Å²) in [5.74, 6) is 0. The minimum absolute atomic E-state index is 0. The molecular formula is C9H21ClN2O2S2. The van der Waals surface area contributed by atoms with Gasteiger partial charge in [-0.1, -0.05) is 26.5 Å². The van der Waals surface area contributed by atoms with E-state index in [2.05, 4.69) is 40.5 Å². The second-order valence-electron chi connectivity index (χ2n) is 1.67. The quantitative estimate of drug-likeness (QED) is 0.612. The van der Waals surface area contributed by atoms with E-state index in [4.69, 9.17) is 11.5 Å². The predicted molar refractivity (Wildman–Crippen MR) is 79.9 cm³/mol. The molecule has 98 valence electrons. The first-order valence-corrected chi connectivity index (χ1v) is 5.31. The Bertz CT molecular complexity index is 181. The summed E-state index contributed by atoms with van der Waals surface area (Å²) in [5, 5.41) is 0.192. The summed E-state index contributed by atoms with van der Waals surface area (Å²) in [4.78, 5) is 0. The zero-order chi connectivity index (χ0) is 12.7. The lowest BCUT2D eigenvalue weighted by Gasteiger charge is -1.94. The van der Waals surface area contributed by atoms with Crippen molar-refractivity contribution in [3.8, 4) is 0 Å². The molecule has 0 unspecified atom stereocenters. The maximum atomic E-state index is 4.94. The number of thiocarbonyl (C=S) groups is 2. The standard InChI is InChI=1S/C4H7NOS.C3H7NOS.C2H6.ClH/c1-2-3-6-4(5)7;1-2-5-3(4)6;1-2;/h2H,1,3H2,(H2,5,7);2H2,1H3,(H2,4,6);1-2H3;1H. The zero-order valence-corrected chi connectivity index (χ0v) is 12.3. The molecule has 0 aliphatic heterocycles. The highest BCUT2D eigenvalue weighted by molar-refractivity contribution is 7.80. The summed E-state index contributed by atoms with van der Waals surface area (Å²) in [6.07, 6.45) is 1.58. The third-order valence-corrected chi connectivity index (χ3v) is 0.866. The van der Waals surface area contributed by atoms with Crippen molar-refractivity contribution in [3.63, 3.8) is 0 Å². The summed E-state index contributed by atoms with van der Waals surface area (Å²) in [7, 11) is 0. The van der Waals surface area contributed by atoms with Crippen LogP contribution in [0.4, 0.5) is 0 Å². The number of hydrogen-bond donors (Lipinski definition) is 2. The fourth-order valence-electron chi connectivity index (χ4n) is 0.283. The second-order valence-corrected chi connectivity index (χ2v) is 2.48. The van der Waals surface area contributed by atoms with Crippen molar-refractivity contribution >= 4 is 47.2 Å². The number of nitrogens with two attached hydrogens (primary N) is 2. The van der Waals surface area contributed by atoms with E-state index < -0.39 is 0 Å². The van der Waals surface area contributed by atoms with E-state index >= 15 is 0 Å². The van der Waals surface area contributed by atoms with Crippen molar-refractivity contribution in [2.75, 3.05) is 13.2 Å². The SMILES string of the molecule is C=CCOC(N)=S.CC.CCOC(N)=S.Cl. The van der Waals surface area contributed by atoms with E-state index in [0.29, 0.717) is 13.2 Å². The smallest absolute Gasteiger partial charge is 0.254 e. The Balaban J connectivity index is -0.0000000743. The van der Waals surface area contributed by atoms with Crippen LogP contribution in [0.5, 0.6) is 0 Å². The van der Waals surface area contributed by atoms with Crippen LogP contribution >= 0.6 is 36.8 Å². The summed E-state index contributed by atoms with van der Waals surface area (Å²) in [6.45, 7) is 10.2. The molecule has 4 N–H and O–H groups in total. The molecule has 0 saturated heterocycles. The monoisotopic (exact) mass is 288 g/mol. The average molecular weight is 289 g/mol. The van der Waals surface area contributed by atoms with Crippen LogP contribution in [0, 0.1) is 0 Å². The predicted octanol–water partition coefficient (Wildman–Crippen LogP) is 2.15. The van der Waals surface area contributed by atoms with Gasteiger partial charge in [-0.3, -0.25) is 0 Å². The average Bonchev–Trinajstić information content (AvgIpc) is 2.18. The molecule has 0 atom stereocenters. The Hall–Kier alpha value is -0.590. The molecule has 0 amide bonds. The van der Waals surface area contributed by atoms with Crippen LogP contribution in [-0.2, 0) is 9.47 Å². The molecule has 0 radical (unpaired) electrons. The Morgan fingerprint density at radius 2 is 1.56 bits per heavy atom. The van der Waals surface area contributed by atoms with Crippen LogP contribution in [0.25, 0.3) is 0 Å². The molecule has 0 fully saturated rings. The highest BCUT2D eigenvalue weighted by Crippen LogP contribution is 1.71. The summed E-state index contributed by atoms with van der Waals surface area (Å²) in [5.41, 5.74) is 9.85. The highest BCUT2D eigenvalue weighted by atomic mass is 35.5. The Morgan fingerprint density at radius 3 is 1.62 bits per heavy atom. The molecule has 0 aromatic rings. The van der Waals surface area contributed by atoms with E-state index in [-0.39, 0.29) is 22.8 Å². The molecule has 0 aromatic carbocycles. The first-order chi connectivity index (χ1) is 7.04. The molecule has 0 spiro atoms. The van der Waals surface area contributed by atoms with Crippen LogP contribution in [0.2, 0.25) is 0 Å². The lowest BCUT2D eigenvalue weighted by atomic mass is 10.7. The molecule has 0 aromatic heterocycles. The molecule has 0 aliphatic carbocycles. The Kier molecular flexibility index (Phi) is 36.7. The van der Waals surface area contributed by atoms with Crippen molar-refractivity contribution < 1.29 is 9.47 Å². The molecule has 0 bridgehead atoms. The second kappa shape index (κ2) is 23.9. The maximum Gasteiger partial charge on any atom is 0.254 e. The van der Waals surface area contributed by atoms with Gasteiger partial charge in [0.05, 0.1) is 6.61 Å². The normalized spacial score (nSPS) is 6.44. The van der Waals surface area contributed by atoms with Crippen LogP contribution < -0.4 is 11.5 Å². The topological polar surface area (TPSA) is 70.5 Å². The highest BCUT2D eigenvalue weighted by Gasteiger charge is 1.78. The molecular weight excluding hydrogens is 268 g/mol. The number of hydrogen-bond acceptors (Lipinski definition) is 4. The number of ether oxygens (including phenoxy) is 2. The van der Waals surface area contributed by atoms with Gasteiger partial charge >= 0.3 is 0 Å². The summed E-state index contributed by atoms with van der Waals surface area (Å²) in [6, 6.07) is 0. The van der Waals surface area contributed by atoms with Crippen molar-refractivity contribution in [2.45, 2.75) is 20.8 Å². The molecule has 4 nitrogen and oxygen atoms in total. The molecule has 0 saturated carbocycles. The van der Waals surface area contributed by atoms with Gasteiger partial charge in [-0.15, -0.1) is 12.4 Å². The van der Waals surface area contributed by atoms with Gasteiger partial charge in [0.1, 0.15) is 6.61 Å². The maximum absolute atomic E-state index is 4.94. The van der Waals surface area contributed by atoms with E-state index in [1.165, 1.54) is 0 Å². The molecule has 16 heavy (non-hydrogen) atoms. The lowest BCUT2D eigenvalue weighted by Crippen LogP contribution is -2.11. The third-order valence-electron chi connectivity index (χ3n) is 0.630. The Morgan fingerprint density at radius 1 is 1.19 bits per heavy atom. The van der Waals surface area contributed by atoms with E-state index in [1.54, 1.807) is 6.08 Å². The van der Waals surface area contributed by atoms with Crippen molar-refractivity contribution in [3.05, 3.63) is 12.7 Å². The third kappa shape index (κ3) is 50.3. The van der Waals surface area contributed by atoms with Gasteiger partial charge in [-0.05, 0) is 31.4 Å². The van der Waals surface area contributed by atoms with E-state index in [0.717, 1.165) is 0 Å². The van der Waals surface area contributed by atoms with Crippen LogP contribution in [0.1, 0.15) is 20.8 Å². The fraction of sp³-hybridized carbons (Fsp3) is 0.556. The zero-order valence-electron chi connectivity index (χ0n) is 9.89. The van der Waals surface area contributed by atoms with E-state index in [9.17, 15) is 0 Å². The van der Waals surface area contributed by atoms with Gasteiger partial charge in [0.2, 0.25) is 0 Å². The van der Waals surface area contributed by atoms with Crippen molar-refractivity contribution in [1.29, 1.82) is 0 Å². The lowest BCUT2D eigenvalue weighted by molar-refractivity contribution is 0.331. The molecule has 0 rings (SSSR count). The van der Waals surface area contributed by atoms with Gasteiger partial charge in [0.25, 0.3) is 10.3 Å². The largest absolute Gasteiger partial charge is 0.472 e. The van der Waals surface area contributed by atoms with Crippen molar-refractivity contribution in [2.24, 2.45) is 11.5 Å². The Labute approximate surface area is 115 Å². The number of halogens is 1. The van der Waals surface area contributed by atoms with Gasteiger partial charge in [-0.2, -0.15) is 0 Å². The number of rotatable bonds is 3. The minimum atomic E-state index is 0. The van der Waals surface area contributed by atoms with Crippen LogP contribution in [0.15, 0.2) is 12.7 Å². The molecule has 7 heteroatoms. The van der Waals surface area contributed by atoms with Crippen LogP contribution in [0.3, 0.4) is 0 Å². The van der Waals surface area contributed by atoms with Crippen molar-refractivity contribution in [1.82, 2.24) is 0 Å². The van der Waals surface area contributed by atoms with Gasteiger partial charge in [0, 0.05) is 0 Å². The summed E-state index contributed by atoms with van der Waals surface area (Å²) < 4.78 is 9.13. The van der Waals surface area contributed by atoms with Gasteiger partial charge < -0.3 is 20.9 Å². The van der Waals surface area contributed by atoms with Crippen LogP contribution in [-0.4, -0.2) is 23.6 Å². The van der Waals surface area contributed by atoms with Gasteiger partial charge in [0.15, 0.2) is 0 Å². The van der Waals surface area contributed by atoms with Gasteiger partial charge in [-0.25, -0.2) is 0 Å². The fourth-order valence-corrected chi connectivity index (χ4v) is 0.469. The molecule has 0 aliphatic rings. The summed E-state index contributed by atoms with van der Waals surface area (Å²) >= 11 is 8.72. The first kappa shape index (κ1) is 24.6. The minimum Gasteiger partial charge on any atom is -0.472 e. The van der Waals surface area contributed by atoms with E-state index in [1.807, 2.05) is 20.8 Å².